The Morgan fingerprint density at radius 1 is 0.745 bits per heavy atom. The summed E-state index contributed by atoms with van der Waals surface area (Å²) in [6.07, 6.45) is 17.3. The molecule has 2 aromatic heterocycles. The number of unbranched alkanes of at least 4 members (excludes halogenated alkanes) is 1. The second kappa shape index (κ2) is 13.5. The van der Waals surface area contributed by atoms with Gasteiger partial charge in [0.15, 0.2) is 17.9 Å². The smallest absolute Gasteiger partial charge is 0.198 e. The monoisotopic (exact) mass is 674 g/mol. The summed E-state index contributed by atoms with van der Waals surface area (Å²) in [7, 11) is 0. The van der Waals surface area contributed by atoms with E-state index in [1.165, 1.54) is 82.4 Å². The van der Waals surface area contributed by atoms with E-state index in [-0.39, 0.29) is 11.0 Å². The fourth-order valence-corrected chi connectivity index (χ4v) is 11.0. The van der Waals surface area contributed by atoms with Gasteiger partial charge in [0.25, 0.3) is 0 Å². The molecule has 51 heavy (non-hydrogen) atoms. The molecule has 1 fully saturated rings. The Balaban J connectivity index is 1.19. The van der Waals surface area contributed by atoms with Gasteiger partial charge in [-0.05, 0) is 117 Å². The summed E-state index contributed by atoms with van der Waals surface area (Å²) < 4.78 is 5.43. The van der Waals surface area contributed by atoms with E-state index < -0.39 is 0 Å². The molecule has 0 amide bonds. The van der Waals surface area contributed by atoms with Crippen molar-refractivity contribution in [3.05, 3.63) is 131 Å². The van der Waals surface area contributed by atoms with Gasteiger partial charge >= 0.3 is 0 Å². The zero-order valence-corrected chi connectivity index (χ0v) is 32.1. The van der Waals surface area contributed by atoms with E-state index in [0.29, 0.717) is 0 Å². The van der Waals surface area contributed by atoms with Crippen LogP contribution in [0.1, 0.15) is 131 Å². The molecule has 2 nitrogen and oxygen atoms in total. The molecule has 4 unspecified atom stereocenters. The maximum absolute atomic E-state index is 2.77. The van der Waals surface area contributed by atoms with Crippen LogP contribution in [-0.2, 0) is 23.9 Å². The lowest BCUT2D eigenvalue weighted by atomic mass is 9.58. The number of hydrogen-bond donors (Lipinski definition) is 0. The first-order valence-electron chi connectivity index (χ1n) is 20.2. The summed E-state index contributed by atoms with van der Waals surface area (Å²) in [5.74, 6) is 1.50. The lowest BCUT2D eigenvalue weighted by Crippen LogP contribution is -2.69. The molecule has 2 heteroatoms. The Kier molecular flexibility index (Phi) is 9.02. The van der Waals surface area contributed by atoms with Crippen molar-refractivity contribution in [1.29, 1.82) is 0 Å². The van der Waals surface area contributed by atoms with Crippen molar-refractivity contribution in [2.24, 2.45) is 0 Å². The fourth-order valence-electron chi connectivity index (χ4n) is 11.0. The summed E-state index contributed by atoms with van der Waals surface area (Å²) in [6, 6.07) is 32.4. The molecule has 3 aliphatic rings. The van der Waals surface area contributed by atoms with Crippen LogP contribution in [0.5, 0.6) is 0 Å². The van der Waals surface area contributed by atoms with Gasteiger partial charge in [-0.2, -0.15) is 9.13 Å². The van der Waals surface area contributed by atoms with E-state index in [4.69, 9.17) is 0 Å². The topological polar surface area (TPSA) is 7.76 Å². The third-order valence-corrected chi connectivity index (χ3v) is 14.0. The molecular weight excluding hydrogens is 617 g/mol. The van der Waals surface area contributed by atoms with E-state index in [1.54, 1.807) is 16.7 Å². The third-order valence-electron chi connectivity index (χ3n) is 14.0. The minimum Gasteiger partial charge on any atom is -0.198 e. The van der Waals surface area contributed by atoms with Gasteiger partial charge in [-0.1, -0.05) is 87.9 Å². The van der Waals surface area contributed by atoms with Gasteiger partial charge in [0, 0.05) is 48.1 Å². The number of benzene rings is 3. The number of aryl methyl sites for hydroxylation is 3. The highest BCUT2D eigenvalue weighted by Crippen LogP contribution is 2.54. The highest BCUT2D eigenvalue weighted by Gasteiger charge is 2.59. The summed E-state index contributed by atoms with van der Waals surface area (Å²) in [5, 5.41) is 0. The van der Waals surface area contributed by atoms with Crippen molar-refractivity contribution in [1.82, 2.24) is 0 Å². The molecule has 0 radical (unpaired) electrons. The van der Waals surface area contributed by atoms with Gasteiger partial charge in [0.05, 0.1) is 11.0 Å². The average molecular weight is 675 g/mol. The number of pyridine rings is 2. The zero-order chi connectivity index (χ0) is 35.3. The standard InChI is InChI=1S/C49H58N2/c1-7-10-17-36-26-29-51-47(35(36)5)42-20-14-15-21-45(42)48(6,8-2)49(51,9-3)27-16-28-50-33-44-40-23-22-39(31-40)43(44)32-46(50)41-25-24-38(30-34(41)4)37-18-12-11-13-19-37/h11-15,18-21,24-26,29-30,32-33,39-40H,7-10,16-17,22-23,27-28,31H2,1-6H3/q+2. The second-order valence-electron chi connectivity index (χ2n) is 16.4. The quantitative estimate of drug-likeness (QED) is 0.123. The normalized spacial score (nSPS) is 22.9. The molecular formula is C49H58N2+2. The van der Waals surface area contributed by atoms with Gasteiger partial charge in [-0.3, -0.25) is 0 Å². The van der Waals surface area contributed by atoms with Crippen LogP contribution in [0.15, 0.2) is 97.3 Å². The number of aromatic nitrogens is 2. The first kappa shape index (κ1) is 34.1. The van der Waals surface area contributed by atoms with Crippen LogP contribution >= 0.6 is 0 Å². The minimum absolute atomic E-state index is 0.0107. The van der Waals surface area contributed by atoms with E-state index in [1.807, 2.05) is 0 Å². The largest absolute Gasteiger partial charge is 0.216 e. The Morgan fingerprint density at radius 2 is 1.51 bits per heavy atom. The van der Waals surface area contributed by atoms with Crippen LogP contribution in [0.4, 0.5) is 0 Å². The lowest BCUT2D eigenvalue weighted by Gasteiger charge is -2.48. The third kappa shape index (κ3) is 5.42. The molecule has 2 aliphatic carbocycles. The maximum atomic E-state index is 2.77. The molecule has 3 heterocycles. The molecule has 0 spiro atoms. The van der Waals surface area contributed by atoms with Crippen LogP contribution in [0, 0.1) is 13.8 Å². The fraction of sp³-hybridized carbons (Fsp3) is 0.429. The van der Waals surface area contributed by atoms with Crippen LogP contribution in [-0.4, -0.2) is 0 Å². The number of fused-ring (bicyclic) bond motifs is 8. The van der Waals surface area contributed by atoms with Crippen molar-refractivity contribution in [3.63, 3.8) is 0 Å². The lowest BCUT2D eigenvalue weighted by molar-refractivity contribution is -0.772. The summed E-state index contributed by atoms with van der Waals surface area (Å²) in [5.41, 5.74) is 17.5. The SMILES string of the molecule is CCCCc1cc[n+]2c(c1C)-c1ccccc1C(C)(CC)C2(CC)CCC[n+]1cc2c(cc1-c1ccc(-c3ccccc3)cc1C)C1CCC2C1. The maximum Gasteiger partial charge on any atom is 0.216 e. The van der Waals surface area contributed by atoms with Crippen molar-refractivity contribution in [3.8, 4) is 33.6 Å². The van der Waals surface area contributed by atoms with Crippen molar-refractivity contribution < 1.29 is 9.13 Å². The minimum atomic E-state index is -0.0107. The summed E-state index contributed by atoms with van der Waals surface area (Å²) in [6.45, 7) is 15.5. The van der Waals surface area contributed by atoms with Crippen molar-refractivity contribution in [2.75, 3.05) is 0 Å². The highest BCUT2D eigenvalue weighted by atomic mass is 15.1. The number of nitrogens with zero attached hydrogens (tertiary/aromatic N) is 2. The first-order chi connectivity index (χ1) is 24.8. The predicted octanol–water partition coefficient (Wildman–Crippen LogP) is 11.9. The molecule has 1 aliphatic heterocycles. The van der Waals surface area contributed by atoms with Gasteiger partial charge in [-0.25, -0.2) is 0 Å². The van der Waals surface area contributed by atoms with Crippen molar-refractivity contribution >= 4 is 0 Å². The number of hydrogen-bond acceptors (Lipinski definition) is 0. The van der Waals surface area contributed by atoms with Crippen LogP contribution in [0.2, 0.25) is 0 Å². The zero-order valence-electron chi connectivity index (χ0n) is 32.1. The van der Waals surface area contributed by atoms with E-state index in [9.17, 15) is 0 Å². The summed E-state index contributed by atoms with van der Waals surface area (Å²) >= 11 is 0. The molecule has 2 bridgehead atoms. The van der Waals surface area contributed by atoms with E-state index in [0.717, 1.165) is 50.5 Å². The second-order valence-corrected chi connectivity index (χ2v) is 16.4. The number of rotatable bonds is 11. The van der Waals surface area contributed by atoms with Gasteiger partial charge in [-0.15, -0.1) is 0 Å². The molecule has 8 rings (SSSR count). The van der Waals surface area contributed by atoms with Crippen molar-refractivity contribution in [2.45, 2.75) is 135 Å². The molecule has 3 aromatic carbocycles. The Labute approximate surface area is 307 Å². The van der Waals surface area contributed by atoms with Gasteiger partial charge in [0.2, 0.25) is 11.4 Å². The van der Waals surface area contributed by atoms with Crippen LogP contribution in [0.3, 0.4) is 0 Å². The van der Waals surface area contributed by atoms with Crippen LogP contribution in [0.25, 0.3) is 33.6 Å². The van der Waals surface area contributed by atoms with E-state index >= 15 is 0 Å². The molecule has 4 atom stereocenters. The van der Waals surface area contributed by atoms with E-state index in [2.05, 4.69) is 148 Å². The molecule has 1 saturated carbocycles. The van der Waals surface area contributed by atoms with Gasteiger partial charge < -0.3 is 0 Å². The molecule has 0 saturated heterocycles. The molecule has 262 valence electrons. The molecule has 5 aromatic rings. The Hall–Kier alpha value is -4.04. The Morgan fingerprint density at radius 3 is 2.25 bits per heavy atom. The highest BCUT2D eigenvalue weighted by molar-refractivity contribution is 5.72. The van der Waals surface area contributed by atoms with Crippen LogP contribution < -0.4 is 9.13 Å². The predicted molar refractivity (Wildman–Crippen MR) is 212 cm³/mol. The molecule has 0 N–H and O–H groups in total. The average Bonchev–Trinajstić information content (AvgIpc) is 3.79. The summed E-state index contributed by atoms with van der Waals surface area (Å²) in [4.78, 5) is 0. The van der Waals surface area contributed by atoms with Gasteiger partial charge in [0.1, 0.15) is 6.54 Å². The Bertz CT molecular complexity index is 2070. The first-order valence-corrected chi connectivity index (χ1v) is 20.2.